The third kappa shape index (κ3) is 6.33. The van der Waals surface area contributed by atoms with Crippen molar-refractivity contribution in [2.45, 2.75) is 18.2 Å². The standard InChI is InChI=1S/C26H27N3O7S2/c1-18-3-7-24(22(30)15-18)38(31,32)35-12-2-11-34-19-4-6-21-23(16-19)36-25(28-21)8-5-20-17-27-26(37-20)29-9-13-33-14-10-29/h3-8,15-17,30H,2,9-14H2,1H3/b8-5+. The summed E-state index contributed by atoms with van der Waals surface area (Å²) in [5, 5.41) is 10.9. The molecule has 4 aromatic rings. The Morgan fingerprint density at radius 1 is 1.13 bits per heavy atom. The predicted octanol–water partition coefficient (Wildman–Crippen LogP) is 4.48. The molecule has 2 aromatic carbocycles. The molecule has 0 bridgehead atoms. The Hall–Kier alpha value is -3.45. The number of aryl methyl sites for hydroxylation is 1. The van der Waals surface area contributed by atoms with Gasteiger partial charge in [-0.25, -0.2) is 9.97 Å². The Labute approximate surface area is 224 Å². The Morgan fingerprint density at radius 2 is 1.97 bits per heavy atom. The molecule has 2 aromatic heterocycles. The number of thiazole rings is 1. The molecule has 0 atom stereocenters. The van der Waals surface area contributed by atoms with E-state index in [1.165, 1.54) is 12.1 Å². The zero-order valence-corrected chi connectivity index (χ0v) is 22.3. The molecule has 38 heavy (non-hydrogen) atoms. The number of anilines is 1. The number of hydrogen-bond acceptors (Lipinski definition) is 11. The maximum atomic E-state index is 12.3. The van der Waals surface area contributed by atoms with Crippen molar-refractivity contribution in [2.24, 2.45) is 0 Å². The molecule has 0 unspecified atom stereocenters. The Morgan fingerprint density at radius 3 is 2.79 bits per heavy atom. The average Bonchev–Trinajstić information content (AvgIpc) is 3.54. The summed E-state index contributed by atoms with van der Waals surface area (Å²) in [6.45, 7) is 5.03. The molecule has 0 aliphatic carbocycles. The summed E-state index contributed by atoms with van der Waals surface area (Å²) in [7, 11) is -4.05. The molecule has 1 saturated heterocycles. The third-order valence-electron chi connectivity index (χ3n) is 5.74. The third-order valence-corrected chi connectivity index (χ3v) is 8.12. The van der Waals surface area contributed by atoms with E-state index < -0.39 is 10.1 Å². The largest absolute Gasteiger partial charge is 0.506 e. The van der Waals surface area contributed by atoms with Gasteiger partial charge in [0, 0.05) is 42.7 Å². The van der Waals surface area contributed by atoms with Crippen molar-refractivity contribution < 1.29 is 31.6 Å². The smallest absolute Gasteiger partial charge is 0.300 e. The van der Waals surface area contributed by atoms with E-state index in [4.69, 9.17) is 18.1 Å². The van der Waals surface area contributed by atoms with Gasteiger partial charge in [-0.05, 0) is 42.8 Å². The van der Waals surface area contributed by atoms with E-state index in [0.717, 1.165) is 28.7 Å². The quantitative estimate of drug-likeness (QED) is 0.220. The monoisotopic (exact) mass is 557 g/mol. The molecule has 0 saturated carbocycles. The summed E-state index contributed by atoms with van der Waals surface area (Å²) >= 11 is 1.61. The first kappa shape index (κ1) is 26.2. The summed E-state index contributed by atoms with van der Waals surface area (Å²) < 4.78 is 46.6. The van der Waals surface area contributed by atoms with Gasteiger partial charge in [-0.15, -0.1) is 0 Å². The lowest BCUT2D eigenvalue weighted by Crippen LogP contribution is -2.36. The Balaban J connectivity index is 1.12. The highest BCUT2D eigenvalue weighted by molar-refractivity contribution is 7.86. The predicted molar refractivity (Wildman–Crippen MR) is 144 cm³/mol. The summed E-state index contributed by atoms with van der Waals surface area (Å²) in [5.74, 6) is 0.706. The first-order valence-electron chi connectivity index (χ1n) is 12.1. The second-order valence-corrected chi connectivity index (χ2v) is 11.2. The van der Waals surface area contributed by atoms with Crippen LogP contribution in [0.1, 0.15) is 22.8 Å². The van der Waals surface area contributed by atoms with Crippen LogP contribution in [0.4, 0.5) is 5.13 Å². The number of phenols is 1. The van der Waals surface area contributed by atoms with Gasteiger partial charge in [0.25, 0.3) is 0 Å². The number of oxazole rings is 1. The molecule has 0 spiro atoms. The molecule has 1 aliphatic heterocycles. The van der Waals surface area contributed by atoms with Crippen molar-refractivity contribution in [3.63, 3.8) is 0 Å². The number of nitrogens with zero attached hydrogens (tertiary/aromatic N) is 3. The van der Waals surface area contributed by atoms with E-state index in [2.05, 4.69) is 14.9 Å². The lowest BCUT2D eigenvalue weighted by Gasteiger charge is -2.25. The molecular formula is C26H27N3O7S2. The number of aromatic nitrogens is 2. The minimum absolute atomic E-state index is 0.0834. The molecule has 1 fully saturated rings. The normalized spacial score (nSPS) is 14.5. The number of benzene rings is 2. The van der Waals surface area contributed by atoms with Gasteiger partial charge in [0.1, 0.15) is 21.9 Å². The van der Waals surface area contributed by atoms with E-state index >= 15 is 0 Å². The van der Waals surface area contributed by atoms with Crippen LogP contribution in [0.2, 0.25) is 0 Å². The summed E-state index contributed by atoms with van der Waals surface area (Å²) in [4.78, 5) is 11.9. The molecule has 0 amide bonds. The average molecular weight is 558 g/mol. The molecule has 1 N–H and O–H groups in total. The van der Waals surface area contributed by atoms with Crippen LogP contribution < -0.4 is 9.64 Å². The van der Waals surface area contributed by atoms with Crippen LogP contribution in [0.15, 0.2) is 51.9 Å². The van der Waals surface area contributed by atoms with E-state index in [1.807, 2.05) is 12.3 Å². The van der Waals surface area contributed by atoms with E-state index in [-0.39, 0.29) is 23.9 Å². The lowest BCUT2D eigenvalue weighted by molar-refractivity contribution is 0.122. The number of rotatable bonds is 10. The van der Waals surface area contributed by atoms with Crippen molar-refractivity contribution in [3.8, 4) is 11.5 Å². The molecule has 1 aliphatic rings. The van der Waals surface area contributed by atoms with Gasteiger partial charge in [0.05, 0.1) is 26.4 Å². The molecule has 5 rings (SSSR count). The number of fused-ring (bicyclic) bond motifs is 1. The fourth-order valence-corrected chi connectivity index (χ4v) is 5.70. The van der Waals surface area contributed by atoms with Crippen LogP contribution >= 0.6 is 11.3 Å². The minimum atomic E-state index is -4.05. The van der Waals surface area contributed by atoms with E-state index in [9.17, 15) is 13.5 Å². The molecule has 3 heterocycles. The van der Waals surface area contributed by atoms with Crippen molar-refractivity contribution in [1.82, 2.24) is 9.97 Å². The van der Waals surface area contributed by atoms with E-state index in [1.54, 1.807) is 48.6 Å². The van der Waals surface area contributed by atoms with Crippen LogP contribution in [0.5, 0.6) is 11.5 Å². The second-order valence-electron chi connectivity index (χ2n) is 8.61. The highest BCUT2D eigenvalue weighted by atomic mass is 32.2. The maximum Gasteiger partial charge on any atom is 0.300 e. The number of ether oxygens (including phenoxy) is 2. The van der Waals surface area contributed by atoms with Crippen LogP contribution in [0.3, 0.4) is 0 Å². The number of aromatic hydroxyl groups is 1. The minimum Gasteiger partial charge on any atom is -0.506 e. The van der Waals surface area contributed by atoms with Gasteiger partial charge >= 0.3 is 10.1 Å². The maximum absolute atomic E-state index is 12.3. The Kier molecular flexibility index (Phi) is 7.93. The van der Waals surface area contributed by atoms with Crippen molar-refractivity contribution >= 4 is 49.8 Å². The number of morpholine rings is 1. The van der Waals surface area contributed by atoms with E-state index in [0.29, 0.717) is 42.4 Å². The van der Waals surface area contributed by atoms with Gasteiger partial charge < -0.3 is 23.9 Å². The number of hydrogen-bond donors (Lipinski definition) is 1. The van der Waals surface area contributed by atoms with Crippen molar-refractivity contribution in [3.05, 3.63) is 58.9 Å². The van der Waals surface area contributed by atoms with Crippen LogP contribution in [-0.2, 0) is 19.0 Å². The number of phenolic OH excluding ortho intramolecular Hbond substituents is 1. The fraction of sp³-hybridized carbons (Fsp3) is 0.308. The summed E-state index contributed by atoms with van der Waals surface area (Å²) in [6.07, 6.45) is 5.89. The zero-order valence-electron chi connectivity index (χ0n) is 20.7. The molecule has 12 heteroatoms. The van der Waals surface area contributed by atoms with Crippen molar-refractivity contribution in [1.29, 1.82) is 0 Å². The van der Waals surface area contributed by atoms with Gasteiger partial charge in [-0.1, -0.05) is 17.4 Å². The van der Waals surface area contributed by atoms with Gasteiger partial charge in [-0.2, -0.15) is 8.42 Å². The SMILES string of the molecule is Cc1ccc(S(=O)(=O)OCCCOc2ccc3nc(/C=C/c4cnc(N5CCOCC5)s4)oc3c2)c(O)c1. The van der Waals surface area contributed by atoms with Gasteiger partial charge in [0.2, 0.25) is 5.89 Å². The lowest BCUT2D eigenvalue weighted by atomic mass is 10.2. The molecule has 200 valence electrons. The van der Waals surface area contributed by atoms with Crippen LogP contribution in [-0.4, -0.2) is 63.0 Å². The highest BCUT2D eigenvalue weighted by Gasteiger charge is 2.19. The Bertz CT molecular complexity index is 1540. The molecule has 10 nitrogen and oxygen atoms in total. The molecular weight excluding hydrogens is 530 g/mol. The zero-order chi connectivity index (χ0) is 26.5. The topological polar surface area (TPSA) is 124 Å². The molecule has 0 radical (unpaired) electrons. The second kappa shape index (κ2) is 11.5. The first-order chi connectivity index (χ1) is 18.4. The van der Waals surface area contributed by atoms with Crippen LogP contribution in [0.25, 0.3) is 23.3 Å². The highest BCUT2D eigenvalue weighted by Crippen LogP contribution is 2.27. The summed E-state index contributed by atoms with van der Waals surface area (Å²) in [6, 6.07) is 9.62. The van der Waals surface area contributed by atoms with Crippen molar-refractivity contribution in [2.75, 3.05) is 44.4 Å². The summed E-state index contributed by atoms with van der Waals surface area (Å²) in [5.41, 5.74) is 2.02. The van der Waals surface area contributed by atoms with Crippen LogP contribution in [0, 0.1) is 6.92 Å². The fourth-order valence-electron chi connectivity index (χ4n) is 3.81. The first-order valence-corrected chi connectivity index (χ1v) is 14.3. The van der Waals surface area contributed by atoms with Gasteiger partial charge in [0.15, 0.2) is 10.7 Å². The van der Waals surface area contributed by atoms with Gasteiger partial charge in [-0.3, -0.25) is 4.18 Å².